The zero-order chi connectivity index (χ0) is 15.2. The Morgan fingerprint density at radius 1 is 1.27 bits per heavy atom. The van der Waals surface area contributed by atoms with Gasteiger partial charge in [-0.1, -0.05) is 11.6 Å². The molecule has 0 saturated carbocycles. The SMILES string of the molecule is O=C(NCCC1=CCCCC1)c1ccc(-n2cccn2)nn1. The van der Waals surface area contributed by atoms with Gasteiger partial charge in [-0.2, -0.15) is 5.10 Å². The molecule has 0 saturated heterocycles. The lowest BCUT2D eigenvalue weighted by atomic mass is 9.97. The van der Waals surface area contributed by atoms with Crippen molar-refractivity contribution in [3.63, 3.8) is 0 Å². The first-order chi connectivity index (χ1) is 10.8. The van der Waals surface area contributed by atoms with Crippen LogP contribution in [0, 0.1) is 0 Å². The van der Waals surface area contributed by atoms with E-state index in [1.165, 1.54) is 24.8 Å². The first-order valence-corrected chi connectivity index (χ1v) is 7.63. The first-order valence-electron chi connectivity index (χ1n) is 7.63. The molecule has 6 heteroatoms. The molecule has 2 heterocycles. The lowest BCUT2D eigenvalue weighted by Crippen LogP contribution is -2.26. The van der Waals surface area contributed by atoms with E-state index >= 15 is 0 Å². The van der Waals surface area contributed by atoms with Gasteiger partial charge in [-0.25, -0.2) is 4.68 Å². The number of amides is 1. The Morgan fingerprint density at radius 2 is 2.23 bits per heavy atom. The van der Waals surface area contributed by atoms with Gasteiger partial charge in [0.1, 0.15) is 0 Å². The Kier molecular flexibility index (Phi) is 4.58. The van der Waals surface area contributed by atoms with Crippen molar-refractivity contribution in [1.82, 2.24) is 25.3 Å². The Hall–Kier alpha value is -2.50. The van der Waals surface area contributed by atoms with Gasteiger partial charge in [0.25, 0.3) is 5.91 Å². The van der Waals surface area contributed by atoms with Crippen LogP contribution in [-0.4, -0.2) is 32.4 Å². The Bertz CT molecular complexity index is 646. The fraction of sp³-hybridized carbons (Fsp3) is 0.375. The summed E-state index contributed by atoms with van der Waals surface area (Å²) in [6.45, 7) is 0.646. The van der Waals surface area contributed by atoms with Crippen LogP contribution in [0.4, 0.5) is 0 Å². The van der Waals surface area contributed by atoms with Crippen molar-refractivity contribution in [1.29, 1.82) is 0 Å². The largest absolute Gasteiger partial charge is 0.350 e. The van der Waals surface area contributed by atoms with E-state index in [4.69, 9.17) is 0 Å². The number of hydrogen-bond donors (Lipinski definition) is 1. The van der Waals surface area contributed by atoms with Crippen LogP contribution in [0.2, 0.25) is 0 Å². The summed E-state index contributed by atoms with van der Waals surface area (Å²) < 4.78 is 1.60. The van der Waals surface area contributed by atoms with Crippen LogP contribution in [0.1, 0.15) is 42.6 Å². The molecule has 0 fully saturated rings. The topological polar surface area (TPSA) is 72.7 Å². The summed E-state index contributed by atoms with van der Waals surface area (Å²) in [6.07, 6.45) is 11.6. The van der Waals surface area contributed by atoms with E-state index in [9.17, 15) is 4.79 Å². The van der Waals surface area contributed by atoms with Crippen molar-refractivity contribution >= 4 is 5.91 Å². The second-order valence-corrected chi connectivity index (χ2v) is 5.34. The fourth-order valence-corrected chi connectivity index (χ4v) is 2.53. The predicted octanol–water partition coefficient (Wildman–Crippen LogP) is 2.28. The molecule has 0 spiro atoms. The van der Waals surface area contributed by atoms with Crippen LogP contribution in [-0.2, 0) is 0 Å². The van der Waals surface area contributed by atoms with Gasteiger partial charge in [0.05, 0.1) is 0 Å². The number of hydrogen-bond acceptors (Lipinski definition) is 4. The Labute approximate surface area is 129 Å². The maximum Gasteiger partial charge on any atom is 0.271 e. The van der Waals surface area contributed by atoms with Crippen molar-refractivity contribution in [2.75, 3.05) is 6.54 Å². The molecule has 2 aromatic heterocycles. The summed E-state index contributed by atoms with van der Waals surface area (Å²) in [7, 11) is 0. The smallest absolute Gasteiger partial charge is 0.271 e. The summed E-state index contributed by atoms with van der Waals surface area (Å²) in [5.74, 6) is 0.407. The maximum absolute atomic E-state index is 12.0. The van der Waals surface area contributed by atoms with Gasteiger partial charge in [0.15, 0.2) is 11.5 Å². The molecular formula is C16H19N5O. The minimum Gasteiger partial charge on any atom is -0.350 e. The quantitative estimate of drug-likeness (QED) is 0.859. The summed E-state index contributed by atoms with van der Waals surface area (Å²) >= 11 is 0. The average molecular weight is 297 g/mol. The van der Waals surface area contributed by atoms with Crippen molar-refractivity contribution < 1.29 is 4.79 Å². The molecule has 6 nitrogen and oxygen atoms in total. The molecule has 0 aromatic carbocycles. The van der Waals surface area contributed by atoms with Crippen LogP contribution in [0.25, 0.3) is 5.82 Å². The van der Waals surface area contributed by atoms with Crippen molar-refractivity contribution in [2.24, 2.45) is 0 Å². The third-order valence-electron chi connectivity index (χ3n) is 3.74. The molecule has 114 valence electrons. The lowest BCUT2D eigenvalue weighted by molar-refractivity contribution is 0.0948. The van der Waals surface area contributed by atoms with Gasteiger partial charge in [-0.15, -0.1) is 10.2 Å². The second kappa shape index (κ2) is 6.98. The number of carbonyl (C=O) groups excluding carboxylic acids is 1. The predicted molar refractivity (Wildman–Crippen MR) is 82.7 cm³/mol. The first kappa shape index (κ1) is 14.4. The molecule has 3 rings (SSSR count). The van der Waals surface area contributed by atoms with Gasteiger partial charge in [-0.05, 0) is 50.3 Å². The van der Waals surface area contributed by atoms with Crippen LogP contribution in [0.5, 0.6) is 0 Å². The summed E-state index contributed by atoms with van der Waals surface area (Å²) in [5, 5.41) is 14.9. The van der Waals surface area contributed by atoms with E-state index in [2.05, 4.69) is 26.7 Å². The van der Waals surface area contributed by atoms with Crippen molar-refractivity contribution in [3.05, 3.63) is 47.9 Å². The Balaban J connectivity index is 1.52. The van der Waals surface area contributed by atoms with Gasteiger partial charge < -0.3 is 5.32 Å². The minimum atomic E-state index is -0.184. The van der Waals surface area contributed by atoms with E-state index in [-0.39, 0.29) is 5.91 Å². The molecule has 22 heavy (non-hydrogen) atoms. The Morgan fingerprint density at radius 3 is 2.91 bits per heavy atom. The van der Waals surface area contributed by atoms with E-state index in [1.54, 1.807) is 29.2 Å². The van der Waals surface area contributed by atoms with Crippen LogP contribution >= 0.6 is 0 Å². The summed E-state index contributed by atoms with van der Waals surface area (Å²) in [5.41, 5.74) is 1.78. The molecule has 0 atom stereocenters. The molecule has 0 aliphatic heterocycles. The third kappa shape index (κ3) is 3.58. The number of carbonyl (C=O) groups is 1. The molecule has 2 aromatic rings. The number of nitrogens with one attached hydrogen (secondary N) is 1. The lowest BCUT2D eigenvalue weighted by Gasteiger charge is -2.12. The van der Waals surface area contributed by atoms with E-state index in [0.29, 0.717) is 18.1 Å². The minimum absolute atomic E-state index is 0.184. The summed E-state index contributed by atoms with van der Waals surface area (Å²) in [6, 6.07) is 5.21. The van der Waals surface area contributed by atoms with Gasteiger partial charge >= 0.3 is 0 Å². The fourth-order valence-electron chi connectivity index (χ4n) is 2.53. The molecule has 1 N–H and O–H groups in total. The van der Waals surface area contributed by atoms with Crippen LogP contribution in [0.3, 0.4) is 0 Å². The third-order valence-corrected chi connectivity index (χ3v) is 3.74. The highest BCUT2D eigenvalue weighted by Gasteiger charge is 2.09. The van der Waals surface area contributed by atoms with E-state index in [0.717, 1.165) is 12.8 Å². The molecule has 1 amide bonds. The van der Waals surface area contributed by atoms with Crippen molar-refractivity contribution in [3.8, 4) is 5.82 Å². The number of allylic oxidation sites excluding steroid dienone is 1. The standard InChI is InChI=1S/C16H19N5O/c22-16(17-11-9-13-5-2-1-3-6-13)14-7-8-15(20-19-14)21-12-4-10-18-21/h4-5,7-8,10,12H,1-3,6,9,11H2,(H,17,22). The molecular weight excluding hydrogens is 278 g/mol. The molecule has 0 unspecified atom stereocenters. The number of rotatable bonds is 5. The highest BCUT2D eigenvalue weighted by Crippen LogP contribution is 2.19. The molecule has 1 aliphatic carbocycles. The van der Waals surface area contributed by atoms with Gasteiger partial charge in [0, 0.05) is 18.9 Å². The normalized spacial score (nSPS) is 14.5. The zero-order valence-corrected chi connectivity index (χ0v) is 12.4. The van der Waals surface area contributed by atoms with E-state index in [1.807, 2.05) is 6.07 Å². The van der Waals surface area contributed by atoms with Gasteiger partial charge in [0.2, 0.25) is 0 Å². The molecule has 1 aliphatic rings. The molecule has 0 radical (unpaired) electrons. The highest BCUT2D eigenvalue weighted by atomic mass is 16.1. The van der Waals surface area contributed by atoms with E-state index < -0.39 is 0 Å². The van der Waals surface area contributed by atoms with Crippen LogP contribution in [0.15, 0.2) is 42.2 Å². The van der Waals surface area contributed by atoms with Gasteiger partial charge in [-0.3, -0.25) is 4.79 Å². The second-order valence-electron chi connectivity index (χ2n) is 5.34. The molecule has 0 bridgehead atoms. The average Bonchev–Trinajstić information content (AvgIpc) is 3.10. The number of aromatic nitrogens is 4. The van der Waals surface area contributed by atoms with Crippen molar-refractivity contribution in [2.45, 2.75) is 32.1 Å². The highest BCUT2D eigenvalue weighted by molar-refractivity contribution is 5.92. The van der Waals surface area contributed by atoms with Crippen LogP contribution < -0.4 is 5.32 Å². The maximum atomic E-state index is 12.0. The zero-order valence-electron chi connectivity index (χ0n) is 12.4. The monoisotopic (exact) mass is 297 g/mol. The number of nitrogens with zero attached hydrogens (tertiary/aromatic N) is 4. The summed E-state index contributed by atoms with van der Waals surface area (Å²) in [4.78, 5) is 12.0.